The van der Waals surface area contributed by atoms with Crippen molar-refractivity contribution in [2.45, 2.75) is 38.9 Å². The molecule has 18 heavy (non-hydrogen) atoms. The molecule has 94 valence electrons. The number of halogens is 1. The van der Waals surface area contributed by atoms with Crippen LogP contribution in [-0.2, 0) is 9.31 Å². The van der Waals surface area contributed by atoms with E-state index in [-0.39, 0.29) is 5.69 Å². The molecule has 0 bridgehead atoms. The fourth-order valence-corrected chi connectivity index (χ4v) is 1.70. The van der Waals surface area contributed by atoms with Gasteiger partial charge < -0.3 is 9.31 Å². The highest BCUT2D eigenvalue weighted by Crippen LogP contribution is 2.36. The Morgan fingerprint density at radius 1 is 1.22 bits per heavy atom. The van der Waals surface area contributed by atoms with Crippen molar-refractivity contribution in [2.75, 3.05) is 0 Å². The Balaban J connectivity index is 2.39. The lowest BCUT2D eigenvalue weighted by atomic mass is 9.78. The largest absolute Gasteiger partial charge is 0.497 e. The molecule has 1 aliphatic heterocycles. The number of hydrogen-bond acceptors (Lipinski definition) is 4. The highest BCUT2D eigenvalue weighted by molar-refractivity contribution is 6.62. The second kappa shape index (κ2) is 4.04. The molecule has 0 spiro atoms. The number of hydrogen-bond donors (Lipinski definition) is 0. The lowest BCUT2D eigenvalue weighted by molar-refractivity contribution is 0.00578. The molecular formula is C12H14BFN2O2. The van der Waals surface area contributed by atoms with E-state index in [4.69, 9.17) is 14.6 Å². The first-order valence-electron chi connectivity index (χ1n) is 5.69. The second-order valence-electron chi connectivity index (χ2n) is 5.27. The maximum absolute atomic E-state index is 13.0. The first kappa shape index (κ1) is 13.0. The van der Waals surface area contributed by atoms with E-state index in [1.54, 1.807) is 0 Å². The van der Waals surface area contributed by atoms with Gasteiger partial charge in [-0.25, -0.2) is 4.98 Å². The Bertz CT molecular complexity index is 509. The zero-order chi connectivity index (χ0) is 13.6. The van der Waals surface area contributed by atoms with Crippen LogP contribution in [0.15, 0.2) is 12.1 Å². The van der Waals surface area contributed by atoms with Crippen molar-refractivity contribution in [3.8, 4) is 6.07 Å². The Morgan fingerprint density at radius 2 is 1.78 bits per heavy atom. The molecule has 6 heteroatoms. The Kier molecular flexibility index (Phi) is 2.92. The minimum absolute atomic E-state index is 0.00602. The lowest BCUT2D eigenvalue weighted by Crippen LogP contribution is -2.41. The second-order valence-corrected chi connectivity index (χ2v) is 5.27. The van der Waals surface area contributed by atoms with Gasteiger partial charge in [0.15, 0.2) is 0 Å². The number of pyridine rings is 1. The Hall–Kier alpha value is -1.45. The average Bonchev–Trinajstić information content (AvgIpc) is 2.47. The maximum atomic E-state index is 13.0. The molecule has 0 unspecified atom stereocenters. The molecule has 0 atom stereocenters. The zero-order valence-corrected chi connectivity index (χ0v) is 10.8. The van der Waals surface area contributed by atoms with E-state index in [0.29, 0.717) is 5.46 Å². The molecular weight excluding hydrogens is 234 g/mol. The molecule has 0 aliphatic carbocycles. The number of nitriles is 1. The van der Waals surface area contributed by atoms with Crippen molar-refractivity contribution in [1.29, 1.82) is 5.26 Å². The Morgan fingerprint density at radius 3 is 2.28 bits per heavy atom. The van der Waals surface area contributed by atoms with Crippen LogP contribution in [-0.4, -0.2) is 23.3 Å². The summed E-state index contributed by atoms with van der Waals surface area (Å²) in [5, 5.41) is 8.97. The van der Waals surface area contributed by atoms with Gasteiger partial charge in [0.25, 0.3) is 0 Å². The van der Waals surface area contributed by atoms with E-state index < -0.39 is 24.3 Å². The highest BCUT2D eigenvalue weighted by atomic mass is 19.1. The summed E-state index contributed by atoms with van der Waals surface area (Å²) in [6.07, 6.45) is 0. The van der Waals surface area contributed by atoms with E-state index in [0.717, 1.165) is 0 Å². The third kappa shape index (κ3) is 2.00. The van der Waals surface area contributed by atoms with Gasteiger partial charge in [0.2, 0.25) is 5.95 Å². The highest BCUT2D eigenvalue weighted by Gasteiger charge is 2.52. The summed E-state index contributed by atoms with van der Waals surface area (Å²) in [6.45, 7) is 7.65. The normalized spacial score (nSPS) is 20.8. The van der Waals surface area contributed by atoms with Crippen molar-refractivity contribution in [2.24, 2.45) is 0 Å². The van der Waals surface area contributed by atoms with E-state index in [2.05, 4.69) is 4.98 Å². The van der Waals surface area contributed by atoms with Crippen LogP contribution in [0.4, 0.5) is 4.39 Å². The molecule has 1 aromatic rings. The van der Waals surface area contributed by atoms with Gasteiger partial charge in [-0.3, -0.25) is 0 Å². The summed E-state index contributed by atoms with van der Waals surface area (Å²) in [4.78, 5) is 3.54. The maximum Gasteiger partial charge on any atom is 0.497 e. The van der Waals surface area contributed by atoms with Crippen LogP contribution >= 0.6 is 0 Å². The zero-order valence-electron chi connectivity index (χ0n) is 10.8. The fraction of sp³-hybridized carbons (Fsp3) is 0.500. The van der Waals surface area contributed by atoms with Crippen molar-refractivity contribution < 1.29 is 13.7 Å². The Labute approximate surface area is 106 Å². The number of rotatable bonds is 1. The summed E-state index contributed by atoms with van der Waals surface area (Å²) in [5.41, 5.74) is -0.552. The quantitative estimate of drug-likeness (QED) is 0.556. The monoisotopic (exact) mass is 248 g/mol. The van der Waals surface area contributed by atoms with Crippen LogP contribution in [0.25, 0.3) is 0 Å². The molecule has 2 heterocycles. The van der Waals surface area contributed by atoms with Gasteiger partial charge in [0.1, 0.15) is 11.8 Å². The number of aromatic nitrogens is 1. The minimum Gasteiger partial charge on any atom is -0.399 e. The number of nitrogens with zero attached hydrogens (tertiary/aromatic N) is 2. The molecule has 1 aromatic heterocycles. The standard InChI is InChI=1S/C12H14BFN2O2/c1-11(2)12(3,4)18-13(17-11)8-5-6-10(14)16-9(8)7-15/h5-6H,1-4H3. The summed E-state index contributed by atoms with van der Waals surface area (Å²) < 4.78 is 24.6. The molecule has 0 N–H and O–H groups in total. The van der Waals surface area contributed by atoms with Gasteiger partial charge >= 0.3 is 7.12 Å². The third-order valence-corrected chi connectivity index (χ3v) is 3.51. The molecule has 2 rings (SSSR count). The van der Waals surface area contributed by atoms with Gasteiger partial charge in [-0.1, -0.05) is 6.07 Å². The van der Waals surface area contributed by atoms with E-state index in [1.165, 1.54) is 12.1 Å². The predicted molar refractivity (Wildman–Crippen MR) is 64.6 cm³/mol. The molecule has 1 saturated heterocycles. The van der Waals surface area contributed by atoms with E-state index in [1.807, 2.05) is 33.8 Å². The van der Waals surface area contributed by atoms with Crippen LogP contribution in [0.2, 0.25) is 0 Å². The fourth-order valence-electron chi connectivity index (χ4n) is 1.70. The molecule has 0 aromatic carbocycles. The first-order chi connectivity index (χ1) is 8.27. The van der Waals surface area contributed by atoms with Gasteiger partial charge in [0, 0.05) is 5.46 Å². The minimum atomic E-state index is -0.697. The first-order valence-corrected chi connectivity index (χ1v) is 5.69. The molecule has 0 radical (unpaired) electrons. The van der Waals surface area contributed by atoms with Crippen LogP contribution in [0, 0.1) is 17.3 Å². The third-order valence-electron chi connectivity index (χ3n) is 3.51. The summed E-state index contributed by atoms with van der Waals surface area (Å²) in [6, 6.07) is 4.53. The molecule has 0 amide bonds. The van der Waals surface area contributed by atoms with Crippen molar-refractivity contribution in [3.63, 3.8) is 0 Å². The topological polar surface area (TPSA) is 55.1 Å². The molecule has 1 aliphatic rings. The van der Waals surface area contributed by atoms with Crippen molar-refractivity contribution in [1.82, 2.24) is 4.98 Å². The summed E-state index contributed by atoms with van der Waals surface area (Å²) in [5.74, 6) is -0.688. The van der Waals surface area contributed by atoms with Crippen LogP contribution in [0.3, 0.4) is 0 Å². The predicted octanol–water partition coefficient (Wildman–Crippen LogP) is 1.39. The summed E-state index contributed by atoms with van der Waals surface area (Å²) >= 11 is 0. The lowest BCUT2D eigenvalue weighted by Gasteiger charge is -2.32. The van der Waals surface area contributed by atoms with Crippen LogP contribution < -0.4 is 5.46 Å². The molecule has 0 saturated carbocycles. The van der Waals surface area contributed by atoms with Crippen molar-refractivity contribution >= 4 is 12.6 Å². The van der Waals surface area contributed by atoms with Crippen LogP contribution in [0.5, 0.6) is 0 Å². The van der Waals surface area contributed by atoms with Gasteiger partial charge in [-0.15, -0.1) is 0 Å². The SMILES string of the molecule is CC1(C)OB(c2ccc(F)nc2C#N)OC1(C)C. The van der Waals surface area contributed by atoms with Gasteiger partial charge in [0.05, 0.1) is 11.2 Å². The van der Waals surface area contributed by atoms with Gasteiger partial charge in [-0.05, 0) is 33.8 Å². The smallest absolute Gasteiger partial charge is 0.399 e. The van der Waals surface area contributed by atoms with Gasteiger partial charge in [-0.2, -0.15) is 9.65 Å². The van der Waals surface area contributed by atoms with Crippen molar-refractivity contribution in [3.05, 3.63) is 23.8 Å². The summed E-state index contributed by atoms with van der Waals surface area (Å²) in [7, 11) is -0.697. The molecule has 1 fully saturated rings. The van der Waals surface area contributed by atoms with Crippen LogP contribution in [0.1, 0.15) is 33.4 Å². The average molecular weight is 248 g/mol. The van der Waals surface area contributed by atoms with E-state index in [9.17, 15) is 4.39 Å². The van der Waals surface area contributed by atoms with E-state index >= 15 is 0 Å². The molecule has 4 nitrogen and oxygen atoms in total.